The Morgan fingerprint density at radius 1 is 1.35 bits per heavy atom. The van der Waals surface area contributed by atoms with Crippen LogP contribution in [-0.4, -0.2) is 27.6 Å². The van der Waals surface area contributed by atoms with Gasteiger partial charge in [-0.05, 0) is 18.2 Å². The predicted molar refractivity (Wildman–Crippen MR) is 75.2 cm³/mol. The zero-order valence-corrected chi connectivity index (χ0v) is 11.3. The number of rotatable bonds is 2. The average Bonchev–Trinajstić information content (AvgIpc) is 2.83. The molecule has 20 heavy (non-hydrogen) atoms. The van der Waals surface area contributed by atoms with Crippen LogP contribution in [0, 0.1) is 0 Å². The fraction of sp³-hybridized carbons (Fsp3) is 0.231. The second-order valence-corrected chi connectivity index (χ2v) is 5.56. The summed E-state index contributed by atoms with van der Waals surface area (Å²) in [5.74, 6) is -0.933. The maximum Gasteiger partial charge on any atom is 0.257 e. The predicted octanol–water partition coefficient (Wildman–Crippen LogP) is 1.45. The smallest absolute Gasteiger partial charge is 0.257 e. The number of thiazole rings is 1. The topological polar surface area (TPSA) is 94.5 Å². The molecule has 3 rings (SSSR count). The molecule has 0 bridgehead atoms. The second kappa shape index (κ2) is 5.10. The standard InChI is InChI=1S/C13H13N3O3S/c17-9-2-1-7(5-10(9)18)12(19)16-13-15-8-3-4-14-6-11(8)20-13/h1-2,5,14,17-18H,3-4,6H2,(H,15,16,19). The zero-order valence-electron chi connectivity index (χ0n) is 10.5. The van der Waals surface area contributed by atoms with Crippen LogP contribution in [0.2, 0.25) is 0 Å². The number of nitrogens with zero attached hydrogens (tertiary/aromatic N) is 1. The number of aromatic hydroxyl groups is 2. The number of hydrogen-bond acceptors (Lipinski definition) is 6. The van der Waals surface area contributed by atoms with Crippen molar-refractivity contribution in [3.63, 3.8) is 0 Å². The molecule has 0 unspecified atom stereocenters. The summed E-state index contributed by atoms with van der Waals surface area (Å²) in [7, 11) is 0. The van der Waals surface area contributed by atoms with Crippen LogP contribution in [-0.2, 0) is 13.0 Å². The lowest BCUT2D eigenvalue weighted by molar-refractivity contribution is 0.102. The molecule has 2 heterocycles. The van der Waals surface area contributed by atoms with Gasteiger partial charge >= 0.3 is 0 Å². The molecule has 0 saturated heterocycles. The highest BCUT2D eigenvalue weighted by atomic mass is 32.1. The molecule has 1 aliphatic rings. The number of nitrogens with one attached hydrogen (secondary N) is 2. The first-order chi connectivity index (χ1) is 9.63. The number of benzene rings is 1. The van der Waals surface area contributed by atoms with E-state index in [2.05, 4.69) is 15.6 Å². The third-order valence-electron chi connectivity index (χ3n) is 3.06. The molecule has 0 atom stereocenters. The fourth-order valence-corrected chi connectivity index (χ4v) is 2.99. The number of fused-ring (bicyclic) bond motifs is 1. The molecular weight excluding hydrogens is 278 g/mol. The first-order valence-electron chi connectivity index (χ1n) is 6.16. The van der Waals surface area contributed by atoms with Gasteiger partial charge in [0.1, 0.15) is 0 Å². The van der Waals surface area contributed by atoms with Gasteiger partial charge in [0, 0.05) is 30.0 Å². The zero-order chi connectivity index (χ0) is 14.1. The van der Waals surface area contributed by atoms with Gasteiger partial charge in [0.25, 0.3) is 5.91 Å². The number of hydrogen-bond donors (Lipinski definition) is 4. The minimum absolute atomic E-state index is 0.252. The highest BCUT2D eigenvalue weighted by Crippen LogP contribution is 2.27. The molecule has 1 aromatic heterocycles. The van der Waals surface area contributed by atoms with E-state index in [1.165, 1.54) is 29.5 Å². The van der Waals surface area contributed by atoms with Crippen molar-refractivity contribution < 1.29 is 15.0 Å². The maximum absolute atomic E-state index is 12.0. The highest BCUT2D eigenvalue weighted by molar-refractivity contribution is 7.15. The van der Waals surface area contributed by atoms with Gasteiger partial charge < -0.3 is 15.5 Å². The van der Waals surface area contributed by atoms with E-state index < -0.39 is 0 Å². The van der Waals surface area contributed by atoms with Crippen LogP contribution >= 0.6 is 11.3 Å². The van der Waals surface area contributed by atoms with E-state index in [9.17, 15) is 15.0 Å². The molecule has 0 fully saturated rings. The Labute approximate surface area is 119 Å². The minimum atomic E-state index is -0.362. The fourth-order valence-electron chi connectivity index (χ4n) is 2.01. The van der Waals surface area contributed by atoms with Gasteiger partial charge in [-0.25, -0.2) is 4.98 Å². The van der Waals surface area contributed by atoms with Gasteiger partial charge in [-0.2, -0.15) is 0 Å². The molecule has 1 aromatic carbocycles. The normalized spacial score (nSPS) is 13.8. The average molecular weight is 291 g/mol. The lowest BCUT2D eigenvalue weighted by atomic mass is 10.2. The Kier molecular flexibility index (Phi) is 3.29. The summed E-state index contributed by atoms with van der Waals surface area (Å²) in [4.78, 5) is 17.6. The summed E-state index contributed by atoms with van der Waals surface area (Å²) < 4.78 is 0. The van der Waals surface area contributed by atoms with E-state index in [0.717, 1.165) is 30.1 Å². The van der Waals surface area contributed by atoms with E-state index in [-0.39, 0.29) is 23.0 Å². The summed E-state index contributed by atoms with van der Waals surface area (Å²) in [6.07, 6.45) is 0.863. The molecule has 6 nitrogen and oxygen atoms in total. The van der Waals surface area contributed by atoms with Crippen LogP contribution in [0.1, 0.15) is 20.9 Å². The van der Waals surface area contributed by atoms with E-state index >= 15 is 0 Å². The van der Waals surface area contributed by atoms with Crippen LogP contribution in [0.25, 0.3) is 0 Å². The van der Waals surface area contributed by atoms with Crippen molar-refractivity contribution in [2.45, 2.75) is 13.0 Å². The van der Waals surface area contributed by atoms with Crippen molar-refractivity contribution in [1.29, 1.82) is 0 Å². The van der Waals surface area contributed by atoms with E-state index in [4.69, 9.17) is 0 Å². The number of carbonyl (C=O) groups excluding carboxylic acids is 1. The van der Waals surface area contributed by atoms with Crippen LogP contribution in [0.3, 0.4) is 0 Å². The molecular formula is C13H13N3O3S. The van der Waals surface area contributed by atoms with E-state index in [1.807, 2.05) is 0 Å². The Morgan fingerprint density at radius 3 is 2.95 bits per heavy atom. The minimum Gasteiger partial charge on any atom is -0.504 e. The van der Waals surface area contributed by atoms with Gasteiger partial charge in [-0.15, -0.1) is 11.3 Å². The highest BCUT2D eigenvalue weighted by Gasteiger charge is 2.17. The molecule has 104 valence electrons. The van der Waals surface area contributed by atoms with Crippen molar-refractivity contribution in [3.05, 3.63) is 34.3 Å². The summed E-state index contributed by atoms with van der Waals surface area (Å²) in [6.45, 7) is 1.68. The number of amides is 1. The van der Waals surface area contributed by atoms with Crippen LogP contribution in [0.15, 0.2) is 18.2 Å². The third-order valence-corrected chi connectivity index (χ3v) is 4.07. The molecule has 1 aliphatic heterocycles. The van der Waals surface area contributed by atoms with E-state index in [1.54, 1.807) is 0 Å². The van der Waals surface area contributed by atoms with Gasteiger partial charge in [0.05, 0.1) is 5.69 Å². The monoisotopic (exact) mass is 291 g/mol. The summed E-state index contributed by atoms with van der Waals surface area (Å²) in [6, 6.07) is 3.94. The largest absolute Gasteiger partial charge is 0.504 e. The van der Waals surface area contributed by atoms with Gasteiger partial charge in [-0.3, -0.25) is 10.1 Å². The Balaban J connectivity index is 1.78. The van der Waals surface area contributed by atoms with Gasteiger partial charge in [0.2, 0.25) is 0 Å². The van der Waals surface area contributed by atoms with Crippen LogP contribution in [0.5, 0.6) is 11.5 Å². The quantitative estimate of drug-likeness (QED) is 0.628. The molecule has 0 saturated carbocycles. The number of anilines is 1. The summed E-state index contributed by atoms with van der Waals surface area (Å²) in [5.41, 5.74) is 1.30. The number of aromatic nitrogens is 1. The molecule has 1 amide bonds. The van der Waals surface area contributed by atoms with Crippen molar-refractivity contribution >= 4 is 22.4 Å². The molecule has 0 radical (unpaired) electrons. The van der Waals surface area contributed by atoms with Crippen molar-refractivity contribution in [2.24, 2.45) is 0 Å². The summed E-state index contributed by atoms with van der Waals surface area (Å²) >= 11 is 1.45. The van der Waals surface area contributed by atoms with E-state index in [0.29, 0.717) is 5.13 Å². The first kappa shape index (κ1) is 12.9. The molecule has 2 aromatic rings. The Hall–Kier alpha value is -2.12. The SMILES string of the molecule is O=C(Nc1nc2c(s1)CNCC2)c1ccc(O)c(O)c1. The van der Waals surface area contributed by atoms with Gasteiger partial charge in [-0.1, -0.05) is 0 Å². The Morgan fingerprint density at radius 2 is 2.20 bits per heavy atom. The first-order valence-corrected chi connectivity index (χ1v) is 6.98. The number of phenolic OH excluding ortho intramolecular Hbond substituents is 2. The third kappa shape index (κ3) is 2.45. The molecule has 0 aliphatic carbocycles. The maximum atomic E-state index is 12.0. The van der Waals surface area contributed by atoms with Crippen molar-refractivity contribution in [1.82, 2.24) is 10.3 Å². The lowest BCUT2D eigenvalue weighted by Gasteiger charge is -2.09. The second-order valence-electron chi connectivity index (χ2n) is 4.47. The molecule has 7 heteroatoms. The van der Waals surface area contributed by atoms with Crippen LogP contribution in [0.4, 0.5) is 5.13 Å². The van der Waals surface area contributed by atoms with Crippen molar-refractivity contribution in [2.75, 3.05) is 11.9 Å². The Bertz CT molecular complexity index is 645. The van der Waals surface area contributed by atoms with Crippen LogP contribution < -0.4 is 10.6 Å². The summed E-state index contributed by atoms with van der Waals surface area (Å²) in [5, 5.41) is 25.1. The lowest BCUT2D eigenvalue weighted by Crippen LogP contribution is -2.22. The molecule has 4 N–H and O–H groups in total. The molecule has 0 spiro atoms. The number of carbonyl (C=O) groups is 1. The van der Waals surface area contributed by atoms with Gasteiger partial charge in [0.15, 0.2) is 16.6 Å². The van der Waals surface area contributed by atoms with Crippen molar-refractivity contribution in [3.8, 4) is 11.5 Å². The number of phenols is 2.